The maximum absolute atomic E-state index is 12.7. The Morgan fingerprint density at radius 3 is 2.86 bits per heavy atom. The van der Waals surface area contributed by atoms with Crippen LogP contribution in [0.15, 0.2) is 35.4 Å². The van der Waals surface area contributed by atoms with Gasteiger partial charge < -0.3 is 5.32 Å². The Labute approximate surface area is 137 Å². The summed E-state index contributed by atoms with van der Waals surface area (Å²) in [6, 6.07) is 7.00. The van der Waals surface area contributed by atoms with Gasteiger partial charge in [-0.25, -0.2) is 13.1 Å². The number of rotatable bonds is 3. The summed E-state index contributed by atoms with van der Waals surface area (Å²) >= 11 is 0. The lowest BCUT2D eigenvalue weighted by Gasteiger charge is -2.24. The third kappa shape index (κ3) is 3.41. The molecule has 0 bridgehead atoms. The highest BCUT2D eigenvalue weighted by Gasteiger charge is 2.23. The van der Waals surface area contributed by atoms with E-state index in [0.29, 0.717) is 16.8 Å². The Balaban J connectivity index is 0.00000176. The van der Waals surface area contributed by atoms with E-state index in [1.54, 1.807) is 18.3 Å². The molecule has 2 N–H and O–H groups in total. The van der Waals surface area contributed by atoms with E-state index in [1.165, 1.54) is 0 Å². The van der Waals surface area contributed by atoms with Crippen molar-refractivity contribution in [2.45, 2.75) is 30.7 Å². The summed E-state index contributed by atoms with van der Waals surface area (Å²) in [5.74, 6) is 0. The summed E-state index contributed by atoms with van der Waals surface area (Å²) in [6.45, 7) is 3.57. The van der Waals surface area contributed by atoms with Gasteiger partial charge in [0.25, 0.3) is 0 Å². The fraction of sp³-hybridized carbons (Fsp3) is 0.400. The molecule has 1 saturated heterocycles. The molecule has 0 radical (unpaired) electrons. The van der Waals surface area contributed by atoms with E-state index in [0.717, 1.165) is 30.5 Å². The van der Waals surface area contributed by atoms with E-state index in [-0.39, 0.29) is 18.4 Å². The molecular weight excluding hydrogens is 322 g/mol. The summed E-state index contributed by atoms with van der Waals surface area (Å²) in [6.07, 6.45) is 3.54. The van der Waals surface area contributed by atoms with E-state index in [4.69, 9.17) is 0 Å². The monoisotopic (exact) mass is 341 g/mol. The second kappa shape index (κ2) is 6.91. The molecule has 0 unspecified atom stereocenters. The summed E-state index contributed by atoms with van der Waals surface area (Å²) in [5.41, 5.74) is 1.71. The zero-order valence-corrected chi connectivity index (χ0v) is 14.0. The third-order valence-electron chi connectivity index (χ3n) is 3.84. The predicted molar refractivity (Wildman–Crippen MR) is 89.9 cm³/mol. The molecule has 120 valence electrons. The van der Waals surface area contributed by atoms with Crippen molar-refractivity contribution < 1.29 is 8.42 Å². The minimum atomic E-state index is -3.53. The smallest absolute Gasteiger partial charge is 0.241 e. The normalized spacial score (nSPS) is 18.9. The number of fused-ring (bicyclic) bond motifs is 1. The maximum atomic E-state index is 12.7. The van der Waals surface area contributed by atoms with Crippen molar-refractivity contribution in [1.29, 1.82) is 0 Å². The molecular formula is C15H20ClN3O2S. The van der Waals surface area contributed by atoms with Gasteiger partial charge in [-0.15, -0.1) is 12.4 Å². The number of hydrogen-bond acceptors (Lipinski definition) is 4. The lowest BCUT2D eigenvalue weighted by Crippen LogP contribution is -2.45. The molecule has 1 aromatic heterocycles. The number of nitrogens with one attached hydrogen (secondary N) is 2. The molecule has 0 amide bonds. The third-order valence-corrected chi connectivity index (χ3v) is 5.42. The van der Waals surface area contributed by atoms with Gasteiger partial charge in [0.1, 0.15) is 0 Å². The number of aryl methyl sites for hydroxylation is 1. The summed E-state index contributed by atoms with van der Waals surface area (Å²) in [4.78, 5) is 4.60. The Hall–Kier alpha value is -1.21. The number of pyridine rings is 1. The number of aromatic nitrogens is 1. The first kappa shape index (κ1) is 17.1. The molecule has 1 atom stereocenters. The van der Waals surface area contributed by atoms with Crippen LogP contribution in [0.25, 0.3) is 10.9 Å². The number of benzene rings is 1. The quantitative estimate of drug-likeness (QED) is 0.895. The average molecular weight is 342 g/mol. The van der Waals surface area contributed by atoms with Gasteiger partial charge in [0.15, 0.2) is 0 Å². The number of nitrogens with zero attached hydrogens (tertiary/aromatic N) is 1. The SMILES string of the molecule is Cc1ccc(S(=O)(=O)N[C@H]2CCCNC2)c2cccnc12.Cl. The van der Waals surface area contributed by atoms with Gasteiger partial charge in [-0.3, -0.25) is 4.98 Å². The van der Waals surface area contributed by atoms with Gasteiger partial charge in [-0.1, -0.05) is 6.07 Å². The van der Waals surface area contributed by atoms with Crippen LogP contribution in [0.3, 0.4) is 0 Å². The zero-order chi connectivity index (χ0) is 14.9. The van der Waals surface area contributed by atoms with Crippen LogP contribution < -0.4 is 10.0 Å². The fourth-order valence-corrected chi connectivity index (χ4v) is 4.23. The Bertz CT molecular complexity index is 758. The predicted octanol–water partition coefficient (Wildman–Crippen LogP) is 2.00. The van der Waals surface area contributed by atoms with Crippen molar-refractivity contribution >= 4 is 33.3 Å². The topological polar surface area (TPSA) is 71.1 Å². The number of sulfonamides is 1. The number of hydrogen-bond donors (Lipinski definition) is 2. The van der Waals surface area contributed by atoms with Gasteiger partial charge in [0, 0.05) is 24.2 Å². The van der Waals surface area contributed by atoms with Crippen molar-refractivity contribution in [3.63, 3.8) is 0 Å². The van der Waals surface area contributed by atoms with Crippen molar-refractivity contribution in [3.8, 4) is 0 Å². The second-order valence-corrected chi connectivity index (χ2v) is 7.13. The summed E-state index contributed by atoms with van der Waals surface area (Å²) in [7, 11) is -3.53. The fourth-order valence-electron chi connectivity index (χ4n) is 2.76. The minimum absolute atomic E-state index is 0. The van der Waals surface area contributed by atoms with Crippen LogP contribution in [0.5, 0.6) is 0 Å². The van der Waals surface area contributed by atoms with Crippen LogP contribution >= 0.6 is 12.4 Å². The Morgan fingerprint density at radius 1 is 1.32 bits per heavy atom. The lowest BCUT2D eigenvalue weighted by atomic mass is 10.1. The van der Waals surface area contributed by atoms with Crippen LogP contribution in [-0.2, 0) is 10.0 Å². The van der Waals surface area contributed by atoms with Gasteiger partial charge >= 0.3 is 0 Å². The van der Waals surface area contributed by atoms with E-state index in [9.17, 15) is 8.42 Å². The molecule has 5 nitrogen and oxygen atoms in total. The second-order valence-electron chi connectivity index (χ2n) is 5.44. The Morgan fingerprint density at radius 2 is 2.14 bits per heavy atom. The highest BCUT2D eigenvalue weighted by molar-refractivity contribution is 7.89. The van der Waals surface area contributed by atoms with Crippen LogP contribution in [0.2, 0.25) is 0 Å². The minimum Gasteiger partial charge on any atom is -0.315 e. The van der Waals surface area contributed by atoms with Gasteiger partial charge in [0.2, 0.25) is 10.0 Å². The Kier molecular flexibility index (Phi) is 5.39. The molecule has 2 heterocycles. The first-order chi connectivity index (χ1) is 10.1. The lowest BCUT2D eigenvalue weighted by molar-refractivity contribution is 0.429. The van der Waals surface area contributed by atoms with Crippen LogP contribution in [-0.4, -0.2) is 32.5 Å². The van der Waals surface area contributed by atoms with Crippen molar-refractivity contribution in [2.75, 3.05) is 13.1 Å². The molecule has 0 spiro atoms. The number of halogens is 1. The van der Waals surface area contributed by atoms with Gasteiger partial charge in [-0.2, -0.15) is 0 Å². The molecule has 1 fully saturated rings. The van der Waals surface area contributed by atoms with Gasteiger partial charge in [-0.05, 0) is 50.1 Å². The molecule has 3 rings (SSSR count). The first-order valence-corrected chi connectivity index (χ1v) is 8.63. The van der Waals surface area contributed by atoms with Crippen molar-refractivity contribution in [1.82, 2.24) is 15.0 Å². The van der Waals surface area contributed by atoms with E-state index in [2.05, 4.69) is 15.0 Å². The van der Waals surface area contributed by atoms with Crippen LogP contribution in [0.1, 0.15) is 18.4 Å². The van der Waals surface area contributed by atoms with E-state index in [1.807, 2.05) is 19.1 Å². The highest BCUT2D eigenvalue weighted by Crippen LogP contribution is 2.24. The summed E-state index contributed by atoms with van der Waals surface area (Å²) in [5, 5.41) is 3.89. The standard InChI is InChI=1S/C15H19N3O2S.ClH/c1-11-6-7-14(13-5-3-9-17-15(11)13)21(19,20)18-12-4-2-8-16-10-12;/h3,5-7,9,12,16,18H,2,4,8,10H2,1H3;1H/t12-;/m0./s1. The zero-order valence-electron chi connectivity index (χ0n) is 12.4. The maximum Gasteiger partial charge on any atom is 0.241 e. The molecule has 0 aliphatic carbocycles. The molecule has 7 heteroatoms. The van der Waals surface area contributed by atoms with E-state index < -0.39 is 10.0 Å². The van der Waals surface area contributed by atoms with Crippen LogP contribution in [0, 0.1) is 6.92 Å². The van der Waals surface area contributed by atoms with Crippen molar-refractivity contribution in [3.05, 3.63) is 36.0 Å². The number of piperidine rings is 1. The van der Waals surface area contributed by atoms with Gasteiger partial charge in [0.05, 0.1) is 10.4 Å². The van der Waals surface area contributed by atoms with E-state index >= 15 is 0 Å². The average Bonchev–Trinajstić information content (AvgIpc) is 2.48. The molecule has 22 heavy (non-hydrogen) atoms. The molecule has 1 aliphatic heterocycles. The highest BCUT2D eigenvalue weighted by atomic mass is 35.5. The largest absolute Gasteiger partial charge is 0.315 e. The summed E-state index contributed by atoms with van der Waals surface area (Å²) < 4.78 is 28.1. The molecule has 1 aromatic carbocycles. The van der Waals surface area contributed by atoms with Crippen molar-refractivity contribution in [2.24, 2.45) is 0 Å². The van der Waals surface area contributed by atoms with Crippen LogP contribution in [0.4, 0.5) is 0 Å². The first-order valence-electron chi connectivity index (χ1n) is 7.15. The molecule has 0 saturated carbocycles. The molecule has 2 aromatic rings. The molecule has 1 aliphatic rings.